The number of carboxylic acids is 4. The fourth-order valence-corrected chi connectivity index (χ4v) is 4.06. The standard InChI is InChI=1S/C22H40N6O9/c1-23-4-5-24-18(29)3-2-17(22(36)37)28-12-10-26(15-20(32)33)8-6-25(14-19(30)31)7-9-27(11-13-28)16-21(34)35/h17,23H,2-16H2,1H3,(H,24,29)(H,30,31)(H,32,33)(H,34,35)(H,36,37). The highest BCUT2D eigenvalue weighted by atomic mass is 16.4. The van der Waals surface area contributed by atoms with E-state index in [1.807, 2.05) is 0 Å². The molecule has 1 amide bonds. The Morgan fingerprint density at radius 1 is 0.676 bits per heavy atom. The lowest BCUT2D eigenvalue weighted by atomic mass is 10.1. The fourth-order valence-electron chi connectivity index (χ4n) is 4.06. The van der Waals surface area contributed by atoms with Gasteiger partial charge in [-0.15, -0.1) is 0 Å². The first-order valence-electron chi connectivity index (χ1n) is 12.2. The Morgan fingerprint density at radius 3 is 1.43 bits per heavy atom. The molecule has 1 saturated heterocycles. The summed E-state index contributed by atoms with van der Waals surface area (Å²) in [6.07, 6.45) is 0.0178. The smallest absolute Gasteiger partial charge is 0.320 e. The van der Waals surface area contributed by atoms with Crippen molar-refractivity contribution in [2.45, 2.75) is 18.9 Å². The Morgan fingerprint density at radius 2 is 1.08 bits per heavy atom. The van der Waals surface area contributed by atoms with Crippen LogP contribution in [0, 0.1) is 0 Å². The molecule has 1 rings (SSSR count). The monoisotopic (exact) mass is 532 g/mol. The van der Waals surface area contributed by atoms with E-state index in [4.69, 9.17) is 0 Å². The number of amides is 1. The Bertz CT molecular complexity index is 737. The van der Waals surface area contributed by atoms with Crippen LogP contribution in [0.2, 0.25) is 0 Å². The number of likely N-dealkylation sites (N-methyl/N-ethyl adjacent to an activating group) is 1. The van der Waals surface area contributed by atoms with Gasteiger partial charge < -0.3 is 31.1 Å². The summed E-state index contributed by atoms with van der Waals surface area (Å²) in [5, 5.41) is 43.4. The number of nitrogens with one attached hydrogen (secondary N) is 2. The molecule has 1 unspecified atom stereocenters. The largest absolute Gasteiger partial charge is 0.480 e. The second-order valence-corrected chi connectivity index (χ2v) is 8.89. The zero-order valence-corrected chi connectivity index (χ0v) is 21.3. The Kier molecular flexibility index (Phi) is 15.3. The summed E-state index contributed by atoms with van der Waals surface area (Å²) in [6, 6.07) is -1.03. The van der Waals surface area contributed by atoms with Gasteiger partial charge in [-0.2, -0.15) is 0 Å². The summed E-state index contributed by atoms with van der Waals surface area (Å²) in [4.78, 5) is 64.8. The first-order chi connectivity index (χ1) is 17.5. The molecule has 15 nitrogen and oxygen atoms in total. The van der Waals surface area contributed by atoms with Crippen molar-refractivity contribution in [1.29, 1.82) is 0 Å². The molecule has 15 heteroatoms. The molecule has 6 N–H and O–H groups in total. The summed E-state index contributed by atoms with van der Waals surface area (Å²) in [6.45, 7) is 1.81. The molecule has 1 heterocycles. The zero-order valence-electron chi connectivity index (χ0n) is 21.3. The van der Waals surface area contributed by atoms with Gasteiger partial charge in [0, 0.05) is 71.9 Å². The second kappa shape index (κ2) is 17.6. The number of hydrogen-bond donors (Lipinski definition) is 6. The molecular weight excluding hydrogens is 492 g/mol. The van der Waals surface area contributed by atoms with Crippen LogP contribution in [0.4, 0.5) is 0 Å². The van der Waals surface area contributed by atoms with Gasteiger partial charge in [0.1, 0.15) is 6.04 Å². The minimum Gasteiger partial charge on any atom is -0.480 e. The zero-order chi connectivity index (χ0) is 27.8. The number of carbonyl (C=O) groups excluding carboxylic acids is 1. The maximum atomic E-state index is 12.1. The molecule has 1 aliphatic rings. The molecule has 1 fully saturated rings. The van der Waals surface area contributed by atoms with Crippen LogP contribution in [-0.4, -0.2) is 168 Å². The van der Waals surface area contributed by atoms with E-state index in [-0.39, 0.29) is 90.7 Å². The van der Waals surface area contributed by atoms with Gasteiger partial charge in [0.25, 0.3) is 0 Å². The number of rotatable bonds is 14. The predicted molar refractivity (Wildman–Crippen MR) is 131 cm³/mol. The molecule has 0 bridgehead atoms. The minimum atomic E-state index is -1.13. The molecule has 0 spiro atoms. The summed E-state index contributed by atoms with van der Waals surface area (Å²) in [7, 11) is 1.74. The number of nitrogens with zero attached hydrogens (tertiary/aromatic N) is 4. The fraction of sp³-hybridized carbons (Fsp3) is 0.773. The molecule has 212 valence electrons. The Labute approximate surface area is 216 Å². The van der Waals surface area contributed by atoms with E-state index in [9.17, 15) is 44.4 Å². The third-order valence-electron chi connectivity index (χ3n) is 6.02. The van der Waals surface area contributed by atoms with E-state index in [2.05, 4.69) is 10.6 Å². The van der Waals surface area contributed by atoms with Crippen LogP contribution in [0.5, 0.6) is 0 Å². The van der Waals surface area contributed by atoms with Crippen molar-refractivity contribution in [3.05, 3.63) is 0 Å². The number of carboxylic acid groups (broad SMARTS) is 4. The van der Waals surface area contributed by atoms with Crippen molar-refractivity contribution in [1.82, 2.24) is 30.2 Å². The van der Waals surface area contributed by atoms with E-state index in [0.717, 1.165) is 0 Å². The summed E-state index contributed by atoms with van der Waals surface area (Å²) in [5.74, 6) is -4.59. The predicted octanol–water partition coefficient (Wildman–Crippen LogP) is -2.97. The van der Waals surface area contributed by atoms with Crippen molar-refractivity contribution >= 4 is 29.8 Å². The second-order valence-electron chi connectivity index (χ2n) is 8.89. The average Bonchev–Trinajstić information content (AvgIpc) is 2.79. The molecule has 0 aliphatic carbocycles. The molecule has 37 heavy (non-hydrogen) atoms. The highest BCUT2D eigenvalue weighted by Crippen LogP contribution is 2.10. The van der Waals surface area contributed by atoms with Crippen molar-refractivity contribution in [2.75, 3.05) is 92.1 Å². The number of hydrogen-bond acceptors (Lipinski definition) is 10. The van der Waals surface area contributed by atoms with E-state index < -0.39 is 29.9 Å². The lowest BCUT2D eigenvalue weighted by Gasteiger charge is -2.35. The van der Waals surface area contributed by atoms with E-state index in [1.54, 1.807) is 26.6 Å². The van der Waals surface area contributed by atoms with Crippen LogP contribution in [0.15, 0.2) is 0 Å². The van der Waals surface area contributed by atoms with Gasteiger partial charge in [0.05, 0.1) is 19.6 Å². The lowest BCUT2D eigenvalue weighted by molar-refractivity contribution is -0.145. The van der Waals surface area contributed by atoms with E-state index in [0.29, 0.717) is 13.1 Å². The number of carbonyl (C=O) groups is 5. The summed E-state index contributed by atoms with van der Waals surface area (Å²) < 4.78 is 0. The van der Waals surface area contributed by atoms with Crippen LogP contribution in [0.3, 0.4) is 0 Å². The van der Waals surface area contributed by atoms with Gasteiger partial charge in [0.2, 0.25) is 5.91 Å². The third-order valence-corrected chi connectivity index (χ3v) is 6.02. The van der Waals surface area contributed by atoms with Gasteiger partial charge >= 0.3 is 23.9 Å². The Hall–Kier alpha value is -2.85. The molecule has 0 radical (unpaired) electrons. The minimum absolute atomic E-state index is 0.0149. The van der Waals surface area contributed by atoms with Crippen molar-refractivity contribution in [3.8, 4) is 0 Å². The lowest BCUT2D eigenvalue weighted by Crippen LogP contribution is -2.52. The molecule has 0 aromatic heterocycles. The Balaban J connectivity index is 3.06. The summed E-state index contributed by atoms with van der Waals surface area (Å²) in [5.41, 5.74) is 0. The van der Waals surface area contributed by atoms with Crippen LogP contribution >= 0.6 is 0 Å². The van der Waals surface area contributed by atoms with Crippen molar-refractivity contribution in [2.24, 2.45) is 0 Å². The van der Waals surface area contributed by atoms with Gasteiger partial charge in [-0.3, -0.25) is 43.6 Å². The maximum absolute atomic E-state index is 12.1. The molecule has 0 aromatic carbocycles. The molecule has 1 atom stereocenters. The average molecular weight is 533 g/mol. The van der Waals surface area contributed by atoms with E-state index >= 15 is 0 Å². The third kappa shape index (κ3) is 14.5. The van der Waals surface area contributed by atoms with Crippen LogP contribution < -0.4 is 10.6 Å². The molecule has 0 aromatic rings. The first kappa shape index (κ1) is 32.2. The van der Waals surface area contributed by atoms with Gasteiger partial charge in [-0.1, -0.05) is 0 Å². The van der Waals surface area contributed by atoms with Crippen molar-refractivity contribution in [3.63, 3.8) is 0 Å². The van der Waals surface area contributed by atoms with Gasteiger partial charge in [-0.05, 0) is 13.5 Å². The molecule has 1 aliphatic heterocycles. The van der Waals surface area contributed by atoms with Gasteiger partial charge in [-0.25, -0.2) is 0 Å². The van der Waals surface area contributed by atoms with Gasteiger partial charge in [0.15, 0.2) is 0 Å². The molecular formula is C22H40N6O9. The van der Waals surface area contributed by atoms with E-state index in [1.165, 1.54) is 0 Å². The highest BCUT2D eigenvalue weighted by molar-refractivity contribution is 5.78. The van der Waals surface area contributed by atoms with Crippen LogP contribution in [-0.2, 0) is 24.0 Å². The SMILES string of the molecule is CNCCNC(=O)CCC(C(=O)O)N1CCN(CC(=O)O)CCN(CC(=O)O)CCN(CC(=O)O)CC1. The first-order valence-corrected chi connectivity index (χ1v) is 12.2. The number of aliphatic carboxylic acids is 4. The topological polar surface area (TPSA) is 203 Å². The normalized spacial score (nSPS) is 18.3. The van der Waals surface area contributed by atoms with Crippen LogP contribution in [0.25, 0.3) is 0 Å². The maximum Gasteiger partial charge on any atom is 0.320 e. The van der Waals surface area contributed by atoms with Crippen LogP contribution in [0.1, 0.15) is 12.8 Å². The quantitative estimate of drug-likeness (QED) is 0.124. The van der Waals surface area contributed by atoms with Crippen molar-refractivity contribution < 1.29 is 44.4 Å². The summed E-state index contributed by atoms with van der Waals surface area (Å²) >= 11 is 0. The molecule has 0 saturated carbocycles. The highest BCUT2D eigenvalue weighted by Gasteiger charge is 2.28.